The van der Waals surface area contributed by atoms with Gasteiger partial charge in [0.05, 0.1) is 12.5 Å². The molecule has 0 heterocycles. The maximum atomic E-state index is 12.3. The first-order valence-electron chi connectivity index (χ1n) is 12.5. The van der Waals surface area contributed by atoms with Crippen molar-refractivity contribution in [3.63, 3.8) is 0 Å². The second-order valence-electron chi connectivity index (χ2n) is 11.0. The van der Waals surface area contributed by atoms with Gasteiger partial charge >= 0.3 is 12.1 Å². The average molecular weight is 436 g/mol. The van der Waals surface area contributed by atoms with Crippen LogP contribution in [0, 0.1) is 40.4 Å². The van der Waals surface area contributed by atoms with Crippen LogP contribution in [-0.2, 0) is 14.3 Å². The molecular weight excluding hydrogens is 394 g/mol. The number of fused-ring (bicyclic) bond motifs is 5. The highest BCUT2D eigenvalue weighted by Crippen LogP contribution is 2.67. The van der Waals surface area contributed by atoms with E-state index in [2.05, 4.69) is 12.2 Å². The van der Waals surface area contributed by atoms with Crippen LogP contribution in [0.1, 0.15) is 77.6 Å². The monoisotopic (exact) mass is 435 g/mol. The van der Waals surface area contributed by atoms with Crippen molar-refractivity contribution in [3.8, 4) is 0 Å². The summed E-state index contributed by atoms with van der Waals surface area (Å²) in [4.78, 5) is 24.5. The van der Waals surface area contributed by atoms with E-state index in [1.54, 1.807) is 7.11 Å². The van der Waals surface area contributed by atoms with Crippen LogP contribution in [0.2, 0.25) is 0 Å². The molecule has 0 aromatic rings. The molecule has 4 saturated carbocycles. The molecule has 0 aliphatic heterocycles. The van der Waals surface area contributed by atoms with E-state index in [9.17, 15) is 14.7 Å². The summed E-state index contributed by atoms with van der Waals surface area (Å²) < 4.78 is 10.7. The zero-order chi connectivity index (χ0) is 22.1. The first-order chi connectivity index (χ1) is 14.9. The molecule has 4 aliphatic rings. The Bertz CT molecular complexity index is 668. The standard InChI is InChI=1S/C25H41NO5/c1-24-12-4-3-6-17(24)7-8-18-19(24)11-13-25(20(18)9-10-21(25)22(27)28)16-31-23(29)26-14-5-15-30-2/h17-21H,3-16H2,1-2H3,(H,26,29)(H,27,28)/t17?,18-,19+,20+,21?,24+,25-/m1/s1. The van der Waals surface area contributed by atoms with Gasteiger partial charge in [-0.1, -0.05) is 19.8 Å². The van der Waals surface area contributed by atoms with Gasteiger partial charge < -0.3 is 19.9 Å². The van der Waals surface area contributed by atoms with Crippen molar-refractivity contribution in [2.24, 2.45) is 40.4 Å². The van der Waals surface area contributed by atoms with Gasteiger partial charge in [-0.2, -0.15) is 0 Å². The number of methoxy groups -OCH3 is 1. The number of hydrogen-bond acceptors (Lipinski definition) is 4. The average Bonchev–Trinajstić information content (AvgIpc) is 3.15. The van der Waals surface area contributed by atoms with Gasteiger partial charge in [0.2, 0.25) is 0 Å². The van der Waals surface area contributed by atoms with Crippen LogP contribution in [-0.4, -0.2) is 44.0 Å². The number of carbonyl (C=O) groups is 2. The Kier molecular flexibility index (Phi) is 6.85. The van der Waals surface area contributed by atoms with Gasteiger partial charge in [-0.05, 0) is 86.9 Å². The quantitative estimate of drug-likeness (QED) is 0.558. The Morgan fingerprint density at radius 2 is 1.87 bits per heavy atom. The number of ether oxygens (including phenoxy) is 2. The van der Waals surface area contributed by atoms with E-state index in [1.807, 2.05) is 0 Å². The highest BCUT2D eigenvalue weighted by atomic mass is 16.5. The molecule has 4 rings (SSSR count). The van der Waals surface area contributed by atoms with Crippen molar-refractivity contribution < 1.29 is 24.2 Å². The lowest BCUT2D eigenvalue weighted by molar-refractivity contribution is -0.158. The van der Waals surface area contributed by atoms with E-state index in [0.29, 0.717) is 36.3 Å². The summed E-state index contributed by atoms with van der Waals surface area (Å²) in [6, 6.07) is 0. The topological polar surface area (TPSA) is 84.9 Å². The van der Waals surface area contributed by atoms with Crippen molar-refractivity contribution in [3.05, 3.63) is 0 Å². The SMILES string of the molecule is COCCCNC(=O)OC[C@]12CC[C@H]3[C@@H](CCC4CCCC[C@@]43C)[C@@H]1CCC2C(=O)O. The Morgan fingerprint density at radius 3 is 2.65 bits per heavy atom. The fourth-order valence-electron chi connectivity index (χ4n) is 8.41. The van der Waals surface area contributed by atoms with Gasteiger partial charge in [0.15, 0.2) is 0 Å². The van der Waals surface area contributed by atoms with Crippen LogP contribution in [0.15, 0.2) is 0 Å². The third-order valence-electron chi connectivity index (χ3n) is 9.86. The molecular formula is C25H41NO5. The van der Waals surface area contributed by atoms with Crippen LogP contribution in [0.5, 0.6) is 0 Å². The summed E-state index contributed by atoms with van der Waals surface area (Å²) in [5, 5.41) is 12.8. The highest BCUT2D eigenvalue weighted by molar-refractivity contribution is 5.72. The van der Waals surface area contributed by atoms with E-state index in [1.165, 1.54) is 38.5 Å². The Morgan fingerprint density at radius 1 is 1.03 bits per heavy atom. The number of aliphatic carboxylic acids is 1. The third kappa shape index (κ3) is 4.09. The van der Waals surface area contributed by atoms with Crippen molar-refractivity contribution in [1.29, 1.82) is 0 Å². The van der Waals surface area contributed by atoms with Crippen molar-refractivity contribution >= 4 is 12.1 Å². The second-order valence-corrected chi connectivity index (χ2v) is 11.0. The summed E-state index contributed by atoms with van der Waals surface area (Å²) >= 11 is 0. The molecule has 176 valence electrons. The Balaban J connectivity index is 1.48. The van der Waals surface area contributed by atoms with Gasteiger partial charge in [0, 0.05) is 25.7 Å². The maximum Gasteiger partial charge on any atom is 0.407 e. The smallest absolute Gasteiger partial charge is 0.407 e. The van der Waals surface area contributed by atoms with Crippen LogP contribution >= 0.6 is 0 Å². The van der Waals surface area contributed by atoms with E-state index in [4.69, 9.17) is 9.47 Å². The Hall–Kier alpha value is -1.30. The van der Waals surface area contributed by atoms with E-state index in [-0.39, 0.29) is 6.61 Å². The number of carboxylic acids is 1. The van der Waals surface area contributed by atoms with Crippen LogP contribution in [0.25, 0.3) is 0 Å². The summed E-state index contributed by atoms with van der Waals surface area (Å²) in [6.45, 7) is 3.88. The molecule has 2 N–H and O–H groups in total. The molecule has 0 bridgehead atoms. The number of amides is 1. The zero-order valence-corrected chi connectivity index (χ0v) is 19.4. The van der Waals surface area contributed by atoms with Gasteiger partial charge in [-0.15, -0.1) is 0 Å². The summed E-state index contributed by atoms with van der Waals surface area (Å²) in [7, 11) is 1.64. The molecule has 0 saturated heterocycles. The molecule has 6 heteroatoms. The number of rotatable bonds is 7. The molecule has 0 spiro atoms. The normalized spacial score (nSPS) is 41.5. The fraction of sp³-hybridized carbons (Fsp3) is 0.920. The minimum atomic E-state index is -0.706. The predicted molar refractivity (Wildman–Crippen MR) is 118 cm³/mol. The Labute approximate surface area is 186 Å². The fourth-order valence-corrected chi connectivity index (χ4v) is 8.41. The molecule has 6 nitrogen and oxygen atoms in total. The van der Waals surface area contributed by atoms with Gasteiger partial charge in [0.25, 0.3) is 0 Å². The van der Waals surface area contributed by atoms with Crippen LogP contribution in [0.3, 0.4) is 0 Å². The number of hydrogen-bond donors (Lipinski definition) is 2. The van der Waals surface area contributed by atoms with E-state index >= 15 is 0 Å². The molecule has 4 fully saturated rings. The lowest BCUT2D eigenvalue weighted by Crippen LogP contribution is -2.55. The van der Waals surface area contributed by atoms with Gasteiger partial charge in [-0.25, -0.2) is 4.79 Å². The van der Waals surface area contributed by atoms with Crippen molar-refractivity contribution in [1.82, 2.24) is 5.32 Å². The molecule has 7 atom stereocenters. The summed E-state index contributed by atoms with van der Waals surface area (Å²) in [6.07, 6.45) is 11.9. The first kappa shape index (κ1) is 22.9. The minimum Gasteiger partial charge on any atom is -0.481 e. The van der Waals surface area contributed by atoms with E-state index < -0.39 is 23.4 Å². The molecule has 2 unspecified atom stereocenters. The van der Waals surface area contributed by atoms with Crippen LogP contribution < -0.4 is 5.32 Å². The van der Waals surface area contributed by atoms with Crippen molar-refractivity contribution in [2.45, 2.75) is 77.6 Å². The summed E-state index contributed by atoms with van der Waals surface area (Å²) in [5.74, 6) is 1.42. The number of alkyl carbamates (subject to hydrolysis) is 1. The minimum absolute atomic E-state index is 0.244. The summed E-state index contributed by atoms with van der Waals surface area (Å²) in [5.41, 5.74) is 0.0307. The maximum absolute atomic E-state index is 12.3. The third-order valence-corrected chi connectivity index (χ3v) is 9.86. The zero-order valence-electron chi connectivity index (χ0n) is 19.4. The predicted octanol–water partition coefficient (Wildman–Crippen LogP) is 4.86. The molecule has 4 aliphatic carbocycles. The molecule has 1 amide bonds. The molecule has 31 heavy (non-hydrogen) atoms. The number of carbonyl (C=O) groups excluding carboxylic acids is 1. The molecule has 0 radical (unpaired) electrons. The number of nitrogens with one attached hydrogen (secondary N) is 1. The van der Waals surface area contributed by atoms with Crippen LogP contribution in [0.4, 0.5) is 4.79 Å². The van der Waals surface area contributed by atoms with Gasteiger partial charge in [0.1, 0.15) is 0 Å². The highest BCUT2D eigenvalue weighted by Gasteiger charge is 2.63. The lowest BCUT2D eigenvalue weighted by atomic mass is 9.44. The molecule has 0 aromatic heterocycles. The molecule has 0 aromatic carbocycles. The lowest BCUT2D eigenvalue weighted by Gasteiger charge is -2.60. The van der Waals surface area contributed by atoms with Gasteiger partial charge in [-0.3, -0.25) is 4.79 Å². The largest absolute Gasteiger partial charge is 0.481 e. The number of carboxylic acid groups (broad SMARTS) is 1. The first-order valence-corrected chi connectivity index (χ1v) is 12.5. The second kappa shape index (κ2) is 9.29. The van der Waals surface area contributed by atoms with Crippen molar-refractivity contribution in [2.75, 3.05) is 26.9 Å². The van der Waals surface area contributed by atoms with E-state index in [0.717, 1.165) is 38.0 Å².